The Labute approximate surface area is 171 Å². The van der Waals surface area contributed by atoms with Crippen LogP contribution in [0.5, 0.6) is 0 Å². The van der Waals surface area contributed by atoms with Gasteiger partial charge in [0.15, 0.2) is 5.16 Å². The molecule has 3 atom stereocenters. The van der Waals surface area contributed by atoms with Gasteiger partial charge in [-0.15, -0.1) is 0 Å². The van der Waals surface area contributed by atoms with Gasteiger partial charge in [-0.2, -0.15) is 15.0 Å². The smallest absolute Gasteiger partial charge is 0.241 e. The van der Waals surface area contributed by atoms with Crippen molar-refractivity contribution in [2.24, 2.45) is 5.92 Å². The Balaban J connectivity index is 2.28. The molecule has 10 heteroatoms. The van der Waals surface area contributed by atoms with Crippen molar-refractivity contribution in [2.75, 3.05) is 22.9 Å². The molecule has 4 N–H and O–H groups in total. The Morgan fingerprint density at radius 3 is 2.36 bits per heavy atom. The molecule has 0 radical (unpaired) electrons. The van der Waals surface area contributed by atoms with Gasteiger partial charge in [-0.1, -0.05) is 55.9 Å². The summed E-state index contributed by atoms with van der Waals surface area (Å²) in [5.74, 6) is 0.742. The van der Waals surface area contributed by atoms with Crippen LogP contribution in [0.2, 0.25) is 0 Å². The summed E-state index contributed by atoms with van der Waals surface area (Å²) < 4.78 is 22.0. The summed E-state index contributed by atoms with van der Waals surface area (Å²) in [6.45, 7) is 6.13. The van der Waals surface area contributed by atoms with Crippen molar-refractivity contribution in [3.8, 4) is 0 Å². The molecular formula is C18H28N6O2S2. The van der Waals surface area contributed by atoms with E-state index >= 15 is 0 Å². The van der Waals surface area contributed by atoms with E-state index in [9.17, 15) is 9.32 Å². The minimum absolute atomic E-state index is 0.0571. The molecule has 1 unspecified atom stereocenters. The Hall–Kier alpha value is -1.91. The second kappa shape index (κ2) is 10.0. The van der Waals surface area contributed by atoms with Crippen LogP contribution in [0, 0.1) is 10.7 Å². The molecule has 8 nitrogen and oxygen atoms in total. The fraction of sp³-hybridized carbons (Fsp3) is 0.500. The molecule has 0 bridgehead atoms. The second-order valence-corrected chi connectivity index (χ2v) is 10.2. The first-order chi connectivity index (χ1) is 13.2. The highest BCUT2D eigenvalue weighted by atomic mass is 32.2. The molecule has 0 fully saturated rings. The van der Waals surface area contributed by atoms with Crippen LogP contribution in [-0.4, -0.2) is 43.2 Å². The monoisotopic (exact) mass is 424 g/mol. The van der Waals surface area contributed by atoms with Crippen molar-refractivity contribution >= 4 is 33.6 Å². The molecule has 0 saturated heterocycles. The molecule has 1 aromatic carbocycles. The predicted molar refractivity (Wildman–Crippen MR) is 115 cm³/mol. The molecule has 0 amide bonds. The first-order valence-electron chi connectivity index (χ1n) is 9.03. The third-order valence-electron chi connectivity index (χ3n) is 3.76. The van der Waals surface area contributed by atoms with Crippen LogP contribution in [-0.2, 0) is 9.92 Å². The van der Waals surface area contributed by atoms with Gasteiger partial charge in [-0.05, 0) is 24.8 Å². The summed E-state index contributed by atoms with van der Waals surface area (Å²) in [4.78, 5) is 13.0. The number of aliphatic hydroxyl groups excluding tert-OH is 1. The van der Waals surface area contributed by atoms with E-state index in [4.69, 9.17) is 4.78 Å². The molecule has 0 aliphatic carbocycles. The Bertz CT molecular complexity index is 862. The fourth-order valence-corrected chi connectivity index (χ4v) is 3.90. The van der Waals surface area contributed by atoms with Crippen LogP contribution in [0.4, 0.5) is 11.9 Å². The zero-order chi connectivity index (χ0) is 20.7. The van der Waals surface area contributed by atoms with Crippen molar-refractivity contribution < 1.29 is 9.32 Å². The number of aliphatic hydroxyl groups is 1. The van der Waals surface area contributed by atoms with Crippen molar-refractivity contribution in [1.82, 2.24) is 15.0 Å². The van der Waals surface area contributed by atoms with Crippen molar-refractivity contribution in [3.05, 3.63) is 35.9 Å². The summed E-state index contributed by atoms with van der Waals surface area (Å²) >= 11 is 1.44. The van der Waals surface area contributed by atoms with Crippen molar-refractivity contribution in [3.63, 3.8) is 0 Å². The largest absolute Gasteiger partial charge is 0.394 e. The van der Waals surface area contributed by atoms with E-state index in [1.807, 2.05) is 37.3 Å². The van der Waals surface area contributed by atoms with Gasteiger partial charge in [-0.25, -0.2) is 8.99 Å². The maximum atomic E-state index is 11.8. The first-order valence-corrected chi connectivity index (χ1v) is 11.9. The lowest BCUT2D eigenvalue weighted by atomic mass is 10.0. The molecule has 0 aliphatic heterocycles. The number of anilines is 2. The van der Waals surface area contributed by atoms with Crippen molar-refractivity contribution in [1.29, 1.82) is 4.78 Å². The average Bonchev–Trinajstić information content (AvgIpc) is 2.59. The molecule has 1 heterocycles. The number of benzene rings is 1. The van der Waals surface area contributed by atoms with Crippen LogP contribution in [0.15, 0.2) is 35.5 Å². The molecule has 2 rings (SSSR count). The summed E-state index contributed by atoms with van der Waals surface area (Å²) in [5.41, 5.74) is 1.13. The quantitative estimate of drug-likeness (QED) is 0.430. The van der Waals surface area contributed by atoms with Crippen LogP contribution in [0.1, 0.15) is 38.0 Å². The van der Waals surface area contributed by atoms with E-state index in [0.29, 0.717) is 11.1 Å². The Morgan fingerprint density at radius 1 is 1.14 bits per heavy atom. The zero-order valence-electron chi connectivity index (χ0n) is 16.5. The highest BCUT2D eigenvalue weighted by molar-refractivity contribution is 7.99. The van der Waals surface area contributed by atoms with E-state index in [2.05, 4.69) is 38.8 Å². The summed E-state index contributed by atoms with van der Waals surface area (Å²) in [5, 5.41) is 13.3. The standard InChI is InChI=1S/C18H28N6O2S2/c1-12(2)10-15(11-25)20-16-21-17(24-28(4,19)26)23-18(22-16)27-13(3)14-8-6-5-7-9-14/h5-9,12-13,15,25H,10-11H2,1-4H3,(H3,19,20,21,22,23,24,26)/t13-,15+,28?/m0/s1. The molecule has 2 aromatic rings. The summed E-state index contributed by atoms with van der Waals surface area (Å²) in [6.07, 6.45) is 2.01. The Morgan fingerprint density at radius 2 is 1.79 bits per heavy atom. The van der Waals surface area contributed by atoms with Gasteiger partial charge in [0.2, 0.25) is 11.9 Å². The molecule has 0 aliphatic rings. The van der Waals surface area contributed by atoms with Crippen LogP contribution in [0.25, 0.3) is 0 Å². The van der Waals surface area contributed by atoms with E-state index in [1.54, 1.807) is 0 Å². The molecule has 0 saturated carbocycles. The van der Waals surface area contributed by atoms with Gasteiger partial charge in [0, 0.05) is 11.5 Å². The number of aromatic nitrogens is 3. The molecule has 1 aromatic heterocycles. The number of hydrogen-bond acceptors (Lipinski definition) is 8. The van der Waals surface area contributed by atoms with Crippen LogP contribution >= 0.6 is 11.8 Å². The molecule has 154 valence electrons. The third-order valence-corrected chi connectivity index (χ3v) is 5.35. The topological polar surface area (TPSA) is 124 Å². The molecule has 28 heavy (non-hydrogen) atoms. The fourth-order valence-electron chi connectivity index (χ4n) is 2.57. The number of nitrogens with one attached hydrogen (secondary N) is 3. The van der Waals surface area contributed by atoms with Gasteiger partial charge < -0.3 is 10.4 Å². The lowest BCUT2D eigenvalue weighted by molar-refractivity contribution is 0.259. The lowest BCUT2D eigenvalue weighted by Gasteiger charge is -2.19. The normalized spacial score (nSPS) is 15.6. The Kier molecular flexibility index (Phi) is 8.02. The highest BCUT2D eigenvalue weighted by Gasteiger charge is 2.16. The van der Waals surface area contributed by atoms with Crippen molar-refractivity contribution in [2.45, 2.75) is 43.6 Å². The van der Waals surface area contributed by atoms with E-state index in [-0.39, 0.29) is 29.8 Å². The van der Waals surface area contributed by atoms with Gasteiger partial charge >= 0.3 is 0 Å². The number of hydrogen-bond donors (Lipinski definition) is 4. The SMILES string of the molecule is CC(C)C[C@H](CO)Nc1nc(NS(C)(=N)=O)nc(S[C@@H](C)c2ccccc2)n1. The summed E-state index contributed by atoms with van der Waals surface area (Å²) in [6, 6.07) is 9.77. The highest BCUT2D eigenvalue weighted by Crippen LogP contribution is 2.33. The average molecular weight is 425 g/mol. The summed E-state index contributed by atoms with van der Waals surface area (Å²) in [7, 11) is -3.03. The maximum Gasteiger partial charge on any atom is 0.241 e. The molecule has 0 spiro atoms. The number of thioether (sulfide) groups is 1. The van der Waals surface area contributed by atoms with E-state index < -0.39 is 9.92 Å². The minimum atomic E-state index is -3.03. The van der Waals surface area contributed by atoms with Crippen LogP contribution < -0.4 is 10.0 Å². The predicted octanol–water partition coefficient (Wildman–Crippen LogP) is 3.55. The molecular weight excluding hydrogens is 396 g/mol. The van der Waals surface area contributed by atoms with Crippen LogP contribution in [0.3, 0.4) is 0 Å². The zero-order valence-corrected chi connectivity index (χ0v) is 18.2. The van der Waals surface area contributed by atoms with Gasteiger partial charge in [0.05, 0.1) is 12.6 Å². The van der Waals surface area contributed by atoms with Gasteiger partial charge in [0.25, 0.3) is 0 Å². The number of nitrogens with zero attached hydrogens (tertiary/aromatic N) is 3. The maximum absolute atomic E-state index is 11.8. The van der Waals surface area contributed by atoms with Gasteiger partial charge in [-0.3, -0.25) is 4.72 Å². The van der Waals surface area contributed by atoms with Gasteiger partial charge in [0.1, 0.15) is 9.92 Å². The lowest BCUT2D eigenvalue weighted by Crippen LogP contribution is -2.27. The first kappa shape index (κ1) is 22.4. The van der Waals surface area contributed by atoms with E-state index in [0.717, 1.165) is 12.0 Å². The minimum Gasteiger partial charge on any atom is -0.394 e. The van der Waals surface area contributed by atoms with E-state index in [1.165, 1.54) is 18.0 Å². The third kappa shape index (κ3) is 7.61. The number of rotatable bonds is 10. The second-order valence-electron chi connectivity index (χ2n) is 7.04.